The van der Waals surface area contributed by atoms with Crippen molar-refractivity contribution < 1.29 is 49.0 Å². The first-order valence-electron chi connectivity index (χ1n) is 22.5. The lowest BCUT2D eigenvalue weighted by Crippen LogP contribution is -2.33. The van der Waals surface area contributed by atoms with Gasteiger partial charge in [0.1, 0.15) is 0 Å². The summed E-state index contributed by atoms with van der Waals surface area (Å²) in [5.74, 6) is -0.395. The highest BCUT2D eigenvalue weighted by atomic mass is 16.5. The third kappa shape index (κ3) is 35.1. The minimum absolute atomic E-state index is 0.0290. The molecule has 0 radical (unpaired) electrons. The van der Waals surface area contributed by atoms with Crippen molar-refractivity contribution in [2.75, 3.05) is 39.6 Å². The molecule has 0 aliphatic carbocycles. The van der Waals surface area contributed by atoms with Gasteiger partial charge in [0.05, 0.1) is 50.8 Å². The third-order valence-corrected chi connectivity index (χ3v) is 10.2. The largest absolute Gasteiger partial charge is 0.466 e. The first-order valence-corrected chi connectivity index (χ1v) is 22.5. The Kier molecular flexibility index (Phi) is 40.3. The second-order valence-electron chi connectivity index (χ2n) is 15.3. The van der Waals surface area contributed by atoms with Gasteiger partial charge in [0.25, 0.3) is 0 Å². The molecule has 0 heterocycles. The second-order valence-corrected chi connectivity index (χ2v) is 15.3. The maximum absolute atomic E-state index is 11.8. The molecule has 0 amide bonds. The Balaban J connectivity index is 4.80. The van der Waals surface area contributed by atoms with Crippen LogP contribution < -0.4 is 0 Å². The molecule has 4 unspecified atom stereocenters. The highest BCUT2D eigenvalue weighted by Gasteiger charge is 2.22. The van der Waals surface area contributed by atoms with E-state index in [-0.39, 0.29) is 50.6 Å². The van der Waals surface area contributed by atoms with E-state index in [1.807, 2.05) is 0 Å². The molecule has 0 aliphatic heterocycles. The Morgan fingerprint density at radius 2 is 0.722 bits per heavy atom. The summed E-state index contributed by atoms with van der Waals surface area (Å²) < 4.78 is 22.8. The zero-order valence-electron chi connectivity index (χ0n) is 35.0. The van der Waals surface area contributed by atoms with Gasteiger partial charge in [-0.1, -0.05) is 142 Å². The van der Waals surface area contributed by atoms with Crippen molar-refractivity contribution in [2.45, 2.75) is 231 Å². The van der Waals surface area contributed by atoms with Gasteiger partial charge in [-0.3, -0.25) is 9.59 Å². The number of aliphatic hydroxyl groups is 4. The van der Waals surface area contributed by atoms with Gasteiger partial charge in [-0.2, -0.15) is 0 Å². The maximum Gasteiger partial charge on any atom is 0.305 e. The maximum atomic E-state index is 11.8. The Morgan fingerprint density at radius 3 is 1.07 bits per heavy atom. The summed E-state index contributed by atoms with van der Waals surface area (Å²) in [5.41, 5.74) is 0. The van der Waals surface area contributed by atoms with Crippen LogP contribution in [0, 0.1) is 0 Å². The predicted octanol–water partition coefficient (Wildman–Crippen LogP) is 9.29. The van der Waals surface area contributed by atoms with Crippen LogP contribution in [0.15, 0.2) is 0 Å². The van der Waals surface area contributed by atoms with Gasteiger partial charge in [0.2, 0.25) is 0 Å². The van der Waals surface area contributed by atoms with Crippen LogP contribution in [0.1, 0.15) is 206 Å². The van der Waals surface area contributed by atoms with Crippen LogP contribution in [0.5, 0.6) is 0 Å². The second kappa shape index (κ2) is 41.3. The van der Waals surface area contributed by atoms with Gasteiger partial charge in [-0.05, 0) is 38.5 Å². The fraction of sp³-hybridized carbons (Fsp3) is 0.955. The molecule has 0 saturated heterocycles. The number of unbranched alkanes of at least 4 members (excludes halogenated alkanes) is 18. The van der Waals surface area contributed by atoms with Crippen molar-refractivity contribution in [2.24, 2.45) is 0 Å². The van der Waals surface area contributed by atoms with Crippen LogP contribution >= 0.6 is 0 Å². The third-order valence-electron chi connectivity index (χ3n) is 10.2. The molecule has 4 N–H and O–H groups in total. The predicted molar refractivity (Wildman–Crippen MR) is 217 cm³/mol. The van der Waals surface area contributed by atoms with Gasteiger partial charge in [0.15, 0.2) is 0 Å². The zero-order valence-corrected chi connectivity index (χ0v) is 35.0. The Bertz CT molecular complexity index is 797. The summed E-state index contributed by atoms with van der Waals surface area (Å²) in [6.45, 7) is 5.84. The molecule has 4 atom stereocenters. The number of carbonyl (C=O) groups excluding carboxylic acids is 2. The molecule has 0 aromatic carbocycles. The fourth-order valence-electron chi connectivity index (χ4n) is 6.75. The van der Waals surface area contributed by atoms with Gasteiger partial charge in [0, 0.05) is 38.9 Å². The number of carbonyl (C=O) groups is 2. The van der Waals surface area contributed by atoms with Crippen molar-refractivity contribution in [3.63, 3.8) is 0 Å². The van der Waals surface area contributed by atoms with E-state index in [1.54, 1.807) is 0 Å². The normalized spacial score (nSPS) is 13.8. The Hall–Kier alpha value is -1.30. The van der Waals surface area contributed by atoms with Crippen LogP contribution in [0.25, 0.3) is 0 Å². The van der Waals surface area contributed by atoms with Crippen molar-refractivity contribution >= 4 is 11.9 Å². The lowest BCUT2D eigenvalue weighted by molar-refractivity contribution is -0.145. The van der Waals surface area contributed by atoms with E-state index in [0.717, 1.165) is 109 Å². The molecule has 0 aliphatic rings. The molecule has 0 rings (SSSR count). The molecule has 10 nitrogen and oxygen atoms in total. The number of aliphatic hydroxyl groups excluding tert-OH is 4. The lowest BCUT2D eigenvalue weighted by atomic mass is 9.99. The van der Waals surface area contributed by atoms with E-state index < -0.39 is 12.2 Å². The molecule has 0 spiro atoms. The highest BCUT2D eigenvalue weighted by molar-refractivity contribution is 5.69. The smallest absolute Gasteiger partial charge is 0.305 e. The van der Waals surface area contributed by atoms with Crippen LogP contribution in [-0.4, -0.2) is 96.4 Å². The standard InChI is InChI=1S/C44H86O10/c1-3-5-7-9-13-19-27-39(47)42(30-22-16-12-18-24-32-44(50)54-36-26-34-46)52-38-37-51-41(29-21-15-10-8-6-4-2)40(48)28-20-14-11-17-23-31-43(49)53-35-25-33-45/h39-42,45-48H,3-38H2,1-2H3. The van der Waals surface area contributed by atoms with Crippen molar-refractivity contribution in [3.8, 4) is 0 Å². The lowest BCUT2D eigenvalue weighted by Gasteiger charge is -2.26. The molecule has 0 bridgehead atoms. The van der Waals surface area contributed by atoms with E-state index in [2.05, 4.69) is 13.8 Å². The first-order chi connectivity index (χ1) is 26.4. The van der Waals surface area contributed by atoms with Gasteiger partial charge >= 0.3 is 11.9 Å². The van der Waals surface area contributed by atoms with E-state index in [4.69, 9.17) is 29.2 Å². The first kappa shape index (κ1) is 52.7. The van der Waals surface area contributed by atoms with Crippen LogP contribution in [0.4, 0.5) is 0 Å². The Morgan fingerprint density at radius 1 is 0.407 bits per heavy atom. The van der Waals surface area contributed by atoms with Crippen molar-refractivity contribution in [3.05, 3.63) is 0 Å². The summed E-state index contributed by atoms with van der Waals surface area (Å²) in [6.07, 6.45) is 26.9. The number of rotatable bonds is 43. The monoisotopic (exact) mass is 775 g/mol. The molecule has 0 saturated carbocycles. The average molecular weight is 775 g/mol. The van der Waals surface area contributed by atoms with Gasteiger partial charge < -0.3 is 39.4 Å². The number of hydrogen-bond acceptors (Lipinski definition) is 10. The molecular formula is C44H86O10. The highest BCUT2D eigenvalue weighted by Crippen LogP contribution is 2.20. The quantitative estimate of drug-likeness (QED) is 0.0349. The molecule has 322 valence electrons. The molecule has 54 heavy (non-hydrogen) atoms. The minimum Gasteiger partial charge on any atom is -0.466 e. The summed E-state index contributed by atoms with van der Waals surface area (Å²) >= 11 is 0. The summed E-state index contributed by atoms with van der Waals surface area (Å²) in [5, 5.41) is 39.9. The minimum atomic E-state index is -0.529. The van der Waals surface area contributed by atoms with Crippen LogP contribution in [-0.2, 0) is 28.5 Å². The fourth-order valence-corrected chi connectivity index (χ4v) is 6.75. The Labute approximate surface area is 330 Å². The van der Waals surface area contributed by atoms with Gasteiger partial charge in [-0.15, -0.1) is 0 Å². The molecule has 10 heteroatoms. The van der Waals surface area contributed by atoms with E-state index >= 15 is 0 Å². The van der Waals surface area contributed by atoms with Crippen LogP contribution in [0.2, 0.25) is 0 Å². The molecule has 0 fully saturated rings. The summed E-state index contributed by atoms with van der Waals surface area (Å²) in [7, 11) is 0. The zero-order chi connectivity index (χ0) is 39.7. The van der Waals surface area contributed by atoms with E-state index in [0.29, 0.717) is 45.3 Å². The van der Waals surface area contributed by atoms with E-state index in [9.17, 15) is 19.8 Å². The topological polar surface area (TPSA) is 152 Å². The molecular weight excluding hydrogens is 688 g/mol. The van der Waals surface area contributed by atoms with Crippen LogP contribution in [0.3, 0.4) is 0 Å². The number of hydrogen-bond donors (Lipinski definition) is 4. The van der Waals surface area contributed by atoms with Crippen molar-refractivity contribution in [1.82, 2.24) is 0 Å². The summed E-state index contributed by atoms with van der Waals surface area (Å²) in [4.78, 5) is 23.5. The SMILES string of the molecule is CCCCCCCCC(O)C(CCCCCCCC(=O)OCCCO)OCCOC(CCCCCCCC)C(O)CCCCCCCC(=O)OCCCO. The molecule has 0 aromatic rings. The average Bonchev–Trinajstić information content (AvgIpc) is 3.16. The van der Waals surface area contributed by atoms with E-state index in [1.165, 1.54) is 51.4 Å². The van der Waals surface area contributed by atoms with Crippen molar-refractivity contribution in [1.29, 1.82) is 0 Å². The summed E-state index contributed by atoms with van der Waals surface area (Å²) in [6, 6.07) is 0. The molecule has 0 aromatic heterocycles. The number of ether oxygens (including phenoxy) is 4. The number of esters is 2. The van der Waals surface area contributed by atoms with Gasteiger partial charge in [-0.25, -0.2) is 0 Å².